The lowest BCUT2D eigenvalue weighted by atomic mass is 9.96. The number of hydrogen-bond acceptors (Lipinski definition) is 5. The Morgan fingerprint density at radius 2 is 1.96 bits per heavy atom. The van der Waals surface area contributed by atoms with Crippen LogP contribution in [0.5, 0.6) is 5.75 Å². The van der Waals surface area contributed by atoms with E-state index in [-0.39, 0.29) is 0 Å². The van der Waals surface area contributed by atoms with E-state index in [0.717, 1.165) is 57.1 Å². The van der Waals surface area contributed by atoms with Crippen LogP contribution in [0.2, 0.25) is 0 Å². The maximum Gasteiger partial charge on any atom is 0.119 e. The Morgan fingerprint density at radius 1 is 1.12 bits per heavy atom. The van der Waals surface area contributed by atoms with E-state index >= 15 is 0 Å². The number of aromatic nitrogens is 3. The Balaban J connectivity index is 1.26. The van der Waals surface area contributed by atoms with Crippen LogP contribution in [-0.2, 0) is 6.54 Å². The highest BCUT2D eigenvalue weighted by Crippen LogP contribution is 2.27. The molecule has 5 nitrogen and oxygen atoms in total. The lowest BCUT2D eigenvalue weighted by Crippen LogP contribution is -2.36. The number of hydrogen-bond donors (Lipinski definition) is 0. The van der Waals surface area contributed by atoms with Gasteiger partial charge in [-0.2, -0.15) is 0 Å². The molecule has 0 aliphatic carbocycles. The van der Waals surface area contributed by atoms with E-state index in [1.54, 1.807) is 11.3 Å². The zero-order valence-corrected chi connectivity index (χ0v) is 15.6. The molecule has 3 heterocycles. The summed E-state index contributed by atoms with van der Waals surface area (Å²) in [7, 11) is 0. The van der Waals surface area contributed by atoms with E-state index in [2.05, 4.69) is 31.0 Å². The fourth-order valence-electron chi connectivity index (χ4n) is 3.53. The predicted molar refractivity (Wildman–Crippen MR) is 104 cm³/mol. The lowest BCUT2D eigenvalue weighted by molar-refractivity contribution is 0.171. The highest BCUT2D eigenvalue weighted by atomic mass is 32.1. The fourth-order valence-corrected chi connectivity index (χ4v) is 4.08. The summed E-state index contributed by atoms with van der Waals surface area (Å²) in [6.45, 7) is 4.75. The lowest BCUT2D eigenvalue weighted by Gasteiger charge is -2.31. The number of nitrogens with zero attached hydrogens (tertiary/aromatic N) is 4. The minimum absolute atomic E-state index is 0.537. The number of imidazole rings is 1. The number of thiazole rings is 1. The third-order valence-electron chi connectivity index (χ3n) is 4.94. The van der Waals surface area contributed by atoms with Crippen molar-refractivity contribution in [3.05, 3.63) is 65.1 Å². The second-order valence-corrected chi connectivity index (χ2v) is 7.39. The molecule has 2 aromatic heterocycles. The van der Waals surface area contributed by atoms with Gasteiger partial charge in [0, 0.05) is 30.2 Å². The van der Waals surface area contributed by atoms with Crippen LogP contribution in [0.3, 0.4) is 0 Å². The van der Waals surface area contributed by atoms with E-state index in [4.69, 9.17) is 4.74 Å². The Hall–Kier alpha value is -2.18. The first-order chi connectivity index (χ1) is 12.9. The summed E-state index contributed by atoms with van der Waals surface area (Å²) in [6.07, 6.45) is 6.30. The van der Waals surface area contributed by atoms with Gasteiger partial charge >= 0.3 is 0 Å². The standard InChI is InChI=1S/C20H24N4OS/c1-2-4-19(5-3-1)25-13-12-23-9-6-17(7-10-23)20-21-8-11-24(20)14-18-15-26-16-22-18/h1-5,8,11,15-17H,6-7,9-10,12-14H2. The number of ether oxygens (including phenoxy) is 1. The molecule has 3 aromatic rings. The van der Waals surface area contributed by atoms with Gasteiger partial charge in [0.1, 0.15) is 18.2 Å². The number of piperidine rings is 1. The highest BCUT2D eigenvalue weighted by molar-refractivity contribution is 7.07. The Bertz CT molecular complexity index is 779. The van der Waals surface area contributed by atoms with Gasteiger partial charge in [-0.25, -0.2) is 9.97 Å². The van der Waals surface area contributed by atoms with Crippen molar-refractivity contribution in [3.8, 4) is 5.75 Å². The van der Waals surface area contributed by atoms with Gasteiger partial charge in [0.05, 0.1) is 17.7 Å². The first-order valence-corrected chi connectivity index (χ1v) is 10.1. The van der Waals surface area contributed by atoms with Crippen molar-refractivity contribution in [3.63, 3.8) is 0 Å². The molecule has 6 heteroatoms. The molecule has 0 unspecified atom stereocenters. The summed E-state index contributed by atoms with van der Waals surface area (Å²) < 4.78 is 8.08. The van der Waals surface area contributed by atoms with Gasteiger partial charge in [0.15, 0.2) is 0 Å². The monoisotopic (exact) mass is 368 g/mol. The Morgan fingerprint density at radius 3 is 2.73 bits per heavy atom. The molecule has 1 saturated heterocycles. The van der Waals surface area contributed by atoms with Crippen LogP contribution in [0.25, 0.3) is 0 Å². The molecule has 0 saturated carbocycles. The Labute approximate surface area is 158 Å². The number of para-hydroxylation sites is 1. The molecule has 0 atom stereocenters. The fraction of sp³-hybridized carbons (Fsp3) is 0.400. The highest BCUT2D eigenvalue weighted by Gasteiger charge is 2.23. The topological polar surface area (TPSA) is 43.2 Å². The van der Waals surface area contributed by atoms with Gasteiger partial charge < -0.3 is 9.30 Å². The number of rotatable bonds is 7. The first kappa shape index (κ1) is 17.2. The normalized spacial score (nSPS) is 16.0. The van der Waals surface area contributed by atoms with Crippen LogP contribution in [0, 0.1) is 0 Å². The van der Waals surface area contributed by atoms with E-state index in [0.29, 0.717) is 5.92 Å². The van der Waals surface area contributed by atoms with E-state index in [1.807, 2.05) is 42.0 Å². The second-order valence-electron chi connectivity index (χ2n) is 6.67. The number of likely N-dealkylation sites (tertiary alicyclic amines) is 1. The summed E-state index contributed by atoms with van der Waals surface area (Å²) >= 11 is 1.65. The van der Waals surface area contributed by atoms with Gasteiger partial charge in [-0.3, -0.25) is 4.90 Å². The molecule has 0 N–H and O–H groups in total. The van der Waals surface area contributed by atoms with E-state index in [1.165, 1.54) is 5.82 Å². The van der Waals surface area contributed by atoms with Crippen molar-refractivity contribution < 1.29 is 4.74 Å². The molecule has 1 fully saturated rings. The van der Waals surface area contributed by atoms with Crippen LogP contribution >= 0.6 is 11.3 Å². The van der Waals surface area contributed by atoms with Crippen molar-refractivity contribution in [1.29, 1.82) is 0 Å². The maximum absolute atomic E-state index is 5.82. The molecule has 4 rings (SSSR count). The predicted octanol–water partition coefficient (Wildman–Crippen LogP) is 3.65. The third kappa shape index (κ3) is 4.31. The molecule has 1 aromatic carbocycles. The molecule has 1 aliphatic rings. The molecule has 0 bridgehead atoms. The Kier molecular flexibility index (Phi) is 5.62. The molecule has 0 amide bonds. The quantitative estimate of drug-likeness (QED) is 0.638. The van der Waals surface area contributed by atoms with Gasteiger partial charge in [0.2, 0.25) is 0 Å². The minimum Gasteiger partial charge on any atom is -0.492 e. The maximum atomic E-state index is 5.82. The van der Waals surface area contributed by atoms with Crippen molar-refractivity contribution in [1.82, 2.24) is 19.4 Å². The molecule has 0 spiro atoms. The van der Waals surface area contributed by atoms with Gasteiger partial charge in [-0.1, -0.05) is 18.2 Å². The number of benzene rings is 1. The van der Waals surface area contributed by atoms with Crippen LogP contribution in [-0.4, -0.2) is 45.7 Å². The third-order valence-corrected chi connectivity index (χ3v) is 5.57. The summed E-state index contributed by atoms with van der Waals surface area (Å²) in [5.74, 6) is 2.69. The van der Waals surface area contributed by atoms with Gasteiger partial charge in [-0.05, 0) is 38.1 Å². The SMILES string of the molecule is c1ccc(OCCN2CCC(c3nccn3Cc3cscn3)CC2)cc1. The molecule has 26 heavy (non-hydrogen) atoms. The summed E-state index contributed by atoms with van der Waals surface area (Å²) in [6, 6.07) is 10.0. The zero-order chi connectivity index (χ0) is 17.6. The van der Waals surface area contributed by atoms with Crippen molar-refractivity contribution in [2.75, 3.05) is 26.2 Å². The zero-order valence-electron chi connectivity index (χ0n) is 14.8. The minimum atomic E-state index is 0.537. The molecule has 136 valence electrons. The van der Waals surface area contributed by atoms with E-state index in [9.17, 15) is 0 Å². The molecule has 1 aliphatic heterocycles. The van der Waals surface area contributed by atoms with Gasteiger partial charge in [-0.15, -0.1) is 11.3 Å². The van der Waals surface area contributed by atoms with Crippen molar-refractivity contribution >= 4 is 11.3 Å². The van der Waals surface area contributed by atoms with Crippen LogP contribution in [0.1, 0.15) is 30.3 Å². The average Bonchev–Trinajstić information content (AvgIpc) is 3.36. The van der Waals surface area contributed by atoms with Crippen LogP contribution < -0.4 is 4.74 Å². The second kappa shape index (κ2) is 8.47. The summed E-state index contributed by atoms with van der Waals surface area (Å²) in [5, 5.41) is 2.11. The summed E-state index contributed by atoms with van der Waals surface area (Å²) in [5.41, 5.74) is 3.01. The van der Waals surface area contributed by atoms with Crippen LogP contribution in [0.4, 0.5) is 0 Å². The molecular weight excluding hydrogens is 344 g/mol. The summed E-state index contributed by atoms with van der Waals surface area (Å²) in [4.78, 5) is 11.5. The van der Waals surface area contributed by atoms with Crippen molar-refractivity contribution in [2.45, 2.75) is 25.3 Å². The molecule has 0 radical (unpaired) electrons. The van der Waals surface area contributed by atoms with Crippen molar-refractivity contribution in [2.24, 2.45) is 0 Å². The van der Waals surface area contributed by atoms with E-state index < -0.39 is 0 Å². The van der Waals surface area contributed by atoms with Gasteiger partial charge in [0.25, 0.3) is 0 Å². The first-order valence-electron chi connectivity index (χ1n) is 9.17. The molecular formula is C20H24N4OS. The smallest absolute Gasteiger partial charge is 0.119 e. The largest absolute Gasteiger partial charge is 0.492 e. The van der Waals surface area contributed by atoms with Crippen LogP contribution in [0.15, 0.2) is 53.6 Å². The average molecular weight is 369 g/mol.